The number of hydrogen-bond acceptors (Lipinski definition) is 3. The van der Waals surface area contributed by atoms with Gasteiger partial charge in [0.25, 0.3) is 0 Å². The third-order valence-corrected chi connectivity index (χ3v) is 9.03. The summed E-state index contributed by atoms with van der Waals surface area (Å²) in [4.78, 5) is 4.93. The first-order chi connectivity index (χ1) is 24.0. The maximum Gasteiger partial charge on any atom is 0.249 e. The van der Waals surface area contributed by atoms with Crippen molar-refractivity contribution in [3.8, 4) is 23.0 Å². The van der Waals surface area contributed by atoms with Crippen LogP contribution in [0.15, 0.2) is 132 Å². The van der Waals surface area contributed by atoms with Gasteiger partial charge in [-0.25, -0.2) is 9.55 Å². The summed E-state index contributed by atoms with van der Waals surface area (Å²) < 4.78 is 42.8. The predicted octanol–water partition coefficient (Wildman–Crippen LogP) is 9.94. The maximum absolute atomic E-state index is 8.16. The predicted molar refractivity (Wildman–Crippen MR) is 189 cm³/mol. The van der Waals surface area contributed by atoms with Gasteiger partial charge in [0, 0.05) is 45.9 Å². The second-order valence-electron chi connectivity index (χ2n) is 13.1. The number of aryl methyl sites for hydroxylation is 1. The van der Waals surface area contributed by atoms with Crippen LogP contribution in [0, 0.1) is 0 Å². The number of rotatable bonds is 4. The van der Waals surface area contributed by atoms with E-state index >= 15 is 0 Å². The summed E-state index contributed by atoms with van der Waals surface area (Å²) in [5.41, 5.74) is 6.68. The molecule has 0 fully saturated rings. The van der Waals surface area contributed by atoms with Crippen molar-refractivity contribution in [2.45, 2.75) is 26.2 Å². The van der Waals surface area contributed by atoms with Crippen molar-refractivity contribution in [3.63, 3.8) is 0 Å². The fourth-order valence-corrected chi connectivity index (χ4v) is 6.66. The minimum absolute atomic E-state index is 0.200. The van der Waals surface area contributed by atoms with E-state index < -0.39 is 6.98 Å². The third-order valence-electron chi connectivity index (χ3n) is 9.03. The Morgan fingerprint density at radius 1 is 0.702 bits per heavy atom. The van der Waals surface area contributed by atoms with E-state index in [1.807, 2.05) is 83.6 Å². The van der Waals surface area contributed by atoms with Gasteiger partial charge in [-0.1, -0.05) is 69.3 Å². The first-order valence-electron chi connectivity index (χ1n) is 17.2. The van der Waals surface area contributed by atoms with Crippen LogP contribution in [0.4, 0.5) is 0 Å². The lowest BCUT2D eigenvalue weighted by molar-refractivity contribution is -0.645. The van der Waals surface area contributed by atoms with Crippen LogP contribution in [-0.4, -0.2) is 14.1 Å². The minimum Gasteiger partial charge on any atom is -0.457 e. The zero-order valence-corrected chi connectivity index (χ0v) is 26.2. The molecule has 6 nitrogen and oxygen atoms in total. The second kappa shape index (κ2) is 10.1. The highest BCUT2D eigenvalue weighted by Gasteiger charge is 2.22. The molecule has 228 valence electrons. The third kappa shape index (κ3) is 4.40. The Balaban J connectivity index is 1.19. The highest BCUT2D eigenvalue weighted by molar-refractivity contribution is 6.10. The van der Waals surface area contributed by atoms with Gasteiger partial charge in [0.05, 0.1) is 22.1 Å². The van der Waals surface area contributed by atoms with Crippen LogP contribution in [0.25, 0.3) is 66.3 Å². The van der Waals surface area contributed by atoms with Crippen LogP contribution in [0.5, 0.6) is 11.5 Å². The molecule has 0 N–H and O–H groups in total. The van der Waals surface area contributed by atoms with Gasteiger partial charge in [-0.15, -0.1) is 0 Å². The molecule has 0 atom stereocenters. The molecule has 0 saturated carbocycles. The van der Waals surface area contributed by atoms with Crippen LogP contribution >= 0.6 is 0 Å². The summed E-state index contributed by atoms with van der Waals surface area (Å²) in [5.74, 6) is 2.06. The summed E-state index contributed by atoms with van der Waals surface area (Å²) in [6, 6.07) is 38.1. The first-order valence-corrected chi connectivity index (χ1v) is 15.7. The largest absolute Gasteiger partial charge is 0.457 e. The fraction of sp³-hybridized carbons (Fsp3) is 0.122. The van der Waals surface area contributed by atoms with E-state index in [1.54, 1.807) is 6.33 Å². The highest BCUT2D eigenvalue weighted by atomic mass is 16.5. The summed E-state index contributed by atoms with van der Waals surface area (Å²) in [7, 11) is 0. The van der Waals surface area contributed by atoms with Crippen LogP contribution in [0.3, 0.4) is 0 Å². The lowest BCUT2D eigenvalue weighted by Crippen LogP contribution is -2.25. The van der Waals surface area contributed by atoms with Crippen molar-refractivity contribution in [1.82, 2.24) is 14.1 Å². The number of imidazole rings is 1. The summed E-state index contributed by atoms with van der Waals surface area (Å²) >= 11 is 0. The Morgan fingerprint density at radius 2 is 1.47 bits per heavy atom. The number of nitrogens with zero attached hydrogens (tertiary/aromatic N) is 4. The van der Waals surface area contributed by atoms with Gasteiger partial charge in [0.1, 0.15) is 34.2 Å². The average molecular weight is 617 g/mol. The molecule has 0 aliphatic carbocycles. The van der Waals surface area contributed by atoms with Crippen LogP contribution in [0.2, 0.25) is 0 Å². The number of benzene rings is 5. The van der Waals surface area contributed by atoms with Crippen LogP contribution in [0.1, 0.15) is 30.4 Å². The normalized spacial score (nSPS) is 13.5. The van der Waals surface area contributed by atoms with Crippen molar-refractivity contribution in [2.75, 3.05) is 0 Å². The molecule has 0 saturated heterocycles. The minimum atomic E-state index is -2.33. The fourth-order valence-electron chi connectivity index (χ4n) is 6.66. The van der Waals surface area contributed by atoms with E-state index in [9.17, 15) is 0 Å². The SMILES string of the molecule is [2H]C([2H])([2H])[n+]1cn(-c2cc(Oc3ccc4c5ccccc5n(-c5cc6oc7ccccc7c6cn5)c4c3)cc(C(C)(C)C)c2)c2ccccc21. The number of para-hydroxylation sites is 4. The van der Waals surface area contributed by atoms with E-state index in [2.05, 4.69) is 67.8 Å². The molecule has 0 amide bonds. The molecule has 6 heteroatoms. The van der Waals surface area contributed by atoms with Crippen molar-refractivity contribution < 1.29 is 17.8 Å². The monoisotopic (exact) mass is 616 g/mol. The van der Waals surface area contributed by atoms with E-state index in [-0.39, 0.29) is 5.41 Å². The van der Waals surface area contributed by atoms with Gasteiger partial charge in [-0.05, 0) is 59.5 Å². The van der Waals surface area contributed by atoms with Gasteiger partial charge in [-0.2, -0.15) is 4.57 Å². The maximum atomic E-state index is 8.16. The molecule has 0 aliphatic heterocycles. The van der Waals surface area contributed by atoms with Crippen LogP contribution in [-0.2, 0) is 12.4 Å². The van der Waals surface area contributed by atoms with Gasteiger partial charge in [-0.3, -0.25) is 4.57 Å². The molecule has 0 unspecified atom stereocenters. The van der Waals surface area contributed by atoms with Crippen LogP contribution < -0.4 is 9.30 Å². The number of hydrogen-bond donors (Lipinski definition) is 0. The van der Waals surface area contributed by atoms with Crippen molar-refractivity contribution in [1.29, 1.82) is 0 Å². The van der Waals surface area contributed by atoms with Crippen molar-refractivity contribution >= 4 is 54.8 Å². The molecule has 9 aromatic rings. The zero-order valence-electron chi connectivity index (χ0n) is 29.2. The number of ether oxygens (including phenoxy) is 1. The Labute approximate surface area is 275 Å². The Morgan fingerprint density at radius 3 is 2.32 bits per heavy atom. The number of aromatic nitrogens is 4. The summed E-state index contributed by atoms with van der Waals surface area (Å²) in [6.45, 7) is 4.14. The highest BCUT2D eigenvalue weighted by Crippen LogP contribution is 2.38. The molecule has 47 heavy (non-hydrogen) atoms. The molecule has 0 aliphatic rings. The summed E-state index contributed by atoms with van der Waals surface area (Å²) in [5, 5.41) is 4.21. The second-order valence-corrected chi connectivity index (χ2v) is 13.1. The molecule has 5 aromatic carbocycles. The van der Waals surface area contributed by atoms with Crippen molar-refractivity contribution in [3.05, 3.63) is 133 Å². The molecule has 0 bridgehead atoms. The Kier molecular flexibility index (Phi) is 5.22. The molecular formula is C41H33N4O2+. The van der Waals surface area contributed by atoms with Gasteiger partial charge in [0.2, 0.25) is 6.33 Å². The topological polar surface area (TPSA) is 49.0 Å². The zero-order chi connectivity index (χ0) is 34.4. The number of fused-ring (bicyclic) bond motifs is 7. The number of furan rings is 1. The van der Waals surface area contributed by atoms with Gasteiger partial charge < -0.3 is 9.15 Å². The van der Waals surface area contributed by atoms with E-state index in [1.165, 1.54) is 4.57 Å². The lowest BCUT2D eigenvalue weighted by Gasteiger charge is -2.20. The number of pyridine rings is 1. The smallest absolute Gasteiger partial charge is 0.249 e. The first kappa shape index (κ1) is 24.4. The molecule has 0 spiro atoms. The Hall–Kier alpha value is -5.88. The van der Waals surface area contributed by atoms with Crippen molar-refractivity contribution in [2.24, 2.45) is 6.98 Å². The average Bonchev–Trinajstić information content (AvgIpc) is 3.77. The van der Waals surface area contributed by atoms with E-state index in [4.69, 9.17) is 18.3 Å². The molecule has 4 heterocycles. The van der Waals surface area contributed by atoms with Gasteiger partial charge in [0.15, 0.2) is 11.0 Å². The quantitative estimate of drug-likeness (QED) is 0.185. The molecule has 0 radical (unpaired) electrons. The lowest BCUT2D eigenvalue weighted by atomic mass is 9.86. The molecular weight excluding hydrogens is 580 g/mol. The molecule has 4 aromatic heterocycles. The molecule has 9 rings (SSSR count). The standard InChI is InChI=1S/C41H33N4O2/c1-41(2,3)26-19-27(44-25-43(4)35-14-8-9-15-36(35)44)21-29(20-26)46-28-17-18-31-30-11-5-7-13-34(30)45(37(31)22-28)40-23-39-33(24-42-40)32-12-6-10-16-38(32)47-39/h5-25H,1-4H3/q+1/i4D3. The van der Waals surface area contributed by atoms with E-state index in [0.29, 0.717) is 17.0 Å². The van der Waals surface area contributed by atoms with E-state index in [0.717, 1.165) is 66.3 Å². The summed E-state index contributed by atoms with van der Waals surface area (Å²) in [6.07, 6.45) is 3.54. The van der Waals surface area contributed by atoms with Gasteiger partial charge >= 0.3 is 0 Å². The Bertz CT molecular complexity index is 2780.